The Hall–Kier alpha value is -2.54. The Balaban J connectivity index is 2.04. The number of hydrogen-bond donors (Lipinski definition) is 3. The number of thiophene rings is 1. The normalized spacial score (nSPS) is 9.95. The summed E-state index contributed by atoms with van der Waals surface area (Å²) in [5.41, 5.74) is 0.380. The molecule has 1 aromatic heterocycles. The Morgan fingerprint density at radius 1 is 1.33 bits per heavy atom. The molecule has 0 unspecified atom stereocenters. The molecule has 3 N–H and O–H groups in total. The van der Waals surface area contributed by atoms with Crippen LogP contribution in [0.15, 0.2) is 35.7 Å². The minimum atomic E-state index is -1.07. The van der Waals surface area contributed by atoms with E-state index in [-0.39, 0.29) is 5.56 Å². The molecule has 0 aliphatic carbocycles. The number of benzene rings is 1. The van der Waals surface area contributed by atoms with Crippen LogP contribution in [0.1, 0.15) is 15.2 Å². The predicted molar refractivity (Wildman–Crippen MR) is 80.1 cm³/mol. The molecule has 0 bridgehead atoms. The van der Waals surface area contributed by atoms with Gasteiger partial charge in [0.25, 0.3) is 0 Å². The van der Waals surface area contributed by atoms with Gasteiger partial charge in [0.05, 0.1) is 24.9 Å². The first kappa shape index (κ1) is 14.9. The number of ether oxygens (including phenoxy) is 1. The van der Waals surface area contributed by atoms with E-state index in [1.54, 1.807) is 11.3 Å². The molecule has 1 heterocycles. The maximum absolute atomic E-state index is 11.8. The van der Waals surface area contributed by atoms with E-state index >= 15 is 0 Å². The van der Waals surface area contributed by atoms with Crippen molar-refractivity contribution in [2.75, 3.05) is 12.4 Å². The molecular formula is C14H14N2O4S. The van der Waals surface area contributed by atoms with Crippen LogP contribution in [0.2, 0.25) is 0 Å². The minimum Gasteiger partial charge on any atom is -0.495 e. The van der Waals surface area contributed by atoms with Gasteiger partial charge in [-0.2, -0.15) is 0 Å². The van der Waals surface area contributed by atoms with E-state index in [2.05, 4.69) is 10.6 Å². The SMILES string of the molecule is COc1ccc(C(=O)O)cc1NC(=O)NCc1cccs1. The van der Waals surface area contributed by atoms with Crippen LogP contribution in [-0.2, 0) is 6.54 Å². The highest BCUT2D eigenvalue weighted by Gasteiger charge is 2.11. The first-order valence-electron chi connectivity index (χ1n) is 6.08. The van der Waals surface area contributed by atoms with Crippen LogP contribution in [0, 0.1) is 0 Å². The van der Waals surface area contributed by atoms with E-state index in [1.807, 2.05) is 17.5 Å². The van der Waals surface area contributed by atoms with Crippen molar-refractivity contribution < 1.29 is 19.4 Å². The molecule has 0 fully saturated rings. The van der Waals surface area contributed by atoms with Crippen molar-refractivity contribution in [1.82, 2.24) is 5.32 Å². The molecule has 7 heteroatoms. The number of carbonyl (C=O) groups is 2. The number of methoxy groups -OCH3 is 1. The van der Waals surface area contributed by atoms with Gasteiger partial charge >= 0.3 is 12.0 Å². The molecule has 2 aromatic rings. The summed E-state index contributed by atoms with van der Waals surface area (Å²) in [6, 6.07) is 7.65. The Labute approximate surface area is 125 Å². The van der Waals surface area contributed by atoms with Crippen molar-refractivity contribution >= 4 is 29.0 Å². The molecule has 1 aromatic carbocycles. The lowest BCUT2D eigenvalue weighted by Gasteiger charge is -2.11. The number of carboxylic acid groups (broad SMARTS) is 1. The third-order valence-corrected chi connectivity index (χ3v) is 3.57. The van der Waals surface area contributed by atoms with Crippen molar-refractivity contribution in [1.29, 1.82) is 0 Å². The van der Waals surface area contributed by atoms with Crippen molar-refractivity contribution in [3.8, 4) is 5.75 Å². The molecule has 0 aliphatic heterocycles. The summed E-state index contributed by atoms with van der Waals surface area (Å²) < 4.78 is 5.10. The molecule has 0 aliphatic rings. The van der Waals surface area contributed by atoms with Gasteiger partial charge in [0.15, 0.2) is 0 Å². The number of nitrogens with one attached hydrogen (secondary N) is 2. The lowest BCUT2D eigenvalue weighted by molar-refractivity contribution is 0.0697. The number of rotatable bonds is 5. The van der Waals surface area contributed by atoms with Crippen LogP contribution in [0.5, 0.6) is 5.75 Å². The fraction of sp³-hybridized carbons (Fsp3) is 0.143. The molecular weight excluding hydrogens is 292 g/mol. The zero-order valence-corrected chi connectivity index (χ0v) is 12.1. The van der Waals surface area contributed by atoms with E-state index in [4.69, 9.17) is 9.84 Å². The highest BCUT2D eigenvalue weighted by Crippen LogP contribution is 2.25. The summed E-state index contributed by atoms with van der Waals surface area (Å²) in [4.78, 5) is 23.8. The largest absolute Gasteiger partial charge is 0.495 e. The van der Waals surface area contributed by atoms with Crippen LogP contribution in [0.4, 0.5) is 10.5 Å². The average Bonchev–Trinajstić information content (AvgIpc) is 2.98. The van der Waals surface area contributed by atoms with Gasteiger partial charge in [-0.3, -0.25) is 0 Å². The van der Waals surface area contributed by atoms with Gasteiger partial charge in [0.1, 0.15) is 5.75 Å². The number of carbonyl (C=O) groups excluding carboxylic acids is 1. The molecule has 6 nitrogen and oxygen atoms in total. The van der Waals surface area contributed by atoms with Crippen molar-refractivity contribution in [2.45, 2.75) is 6.54 Å². The Bertz CT molecular complexity index is 640. The highest BCUT2D eigenvalue weighted by molar-refractivity contribution is 7.09. The summed E-state index contributed by atoms with van der Waals surface area (Å²) in [7, 11) is 1.45. The van der Waals surface area contributed by atoms with Gasteiger partial charge in [-0.05, 0) is 29.6 Å². The second kappa shape index (κ2) is 6.76. The fourth-order valence-electron chi connectivity index (χ4n) is 1.69. The Morgan fingerprint density at radius 2 is 2.14 bits per heavy atom. The van der Waals surface area contributed by atoms with Crippen LogP contribution < -0.4 is 15.4 Å². The van der Waals surface area contributed by atoms with Gasteiger partial charge in [-0.15, -0.1) is 11.3 Å². The van der Waals surface area contributed by atoms with E-state index in [1.165, 1.54) is 25.3 Å². The van der Waals surface area contributed by atoms with Crippen molar-refractivity contribution in [3.63, 3.8) is 0 Å². The maximum atomic E-state index is 11.8. The highest BCUT2D eigenvalue weighted by atomic mass is 32.1. The van der Waals surface area contributed by atoms with Crippen molar-refractivity contribution in [2.24, 2.45) is 0 Å². The van der Waals surface area contributed by atoms with Crippen LogP contribution >= 0.6 is 11.3 Å². The number of anilines is 1. The summed E-state index contributed by atoms with van der Waals surface area (Å²) in [6.07, 6.45) is 0. The van der Waals surface area contributed by atoms with Crippen molar-refractivity contribution in [3.05, 3.63) is 46.2 Å². The first-order chi connectivity index (χ1) is 10.1. The van der Waals surface area contributed by atoms with E-state index in [9.17, 15) is 9.59 Å². The van der Waals surface area contributed by atoms with Gasteiger partial charge < -0.3 is 20.5 Å². The zero-order chi connectivity index (χ0) is 15.2. The predicted octanol–water partition coefficient (Wildman–Crippen LogP) is 2.78. The molecule has 0 spiro atoms. The third-order valence-electron chi connectivity index (χ3n) is 2.70. The molecule has 110 valence electrons. The molecule has 2 rings (SSSR count). The topological polar surface area (TPSA) is 87.7 Å². The minimum absolute atomic E-state index is 0.0735. The molecule has 0 radical (unpaired) electrons. The number of aromatic carboxylic acids is 1. The molecule has 21 heavy (non-hydrogen) atoms. The van der Waals surface area contributed by atoms with Gasteiger partial charge in [-0.25, -0.2) is 9.59 Å². The third kappa shape index (κ3) is 3.96. The standard InChI is InChI=1S/C14H14N2O4S/c1-20-12-5-4-9(13(17)18)7-11(12)16-14(19)15-8-10-3-2-6-21-10/h2-7H,8H2,1H3,(H,17,18)(H2,15,16,19). The smallest absolute Gasteiger partial charge is 0.335 e. The second-order valence-electron chi connectivity index (χ2n) is 4.11. The van der Waals surface area contributed by atoms with Gasteiger partial charge in [0.2, 0.25) is 0 Å². The Kier molecular flexibility index (Phi) is 4.78. The molecule has 0 atom stereocenters. The van der Waals surface area contributed by atoms with Crippen LogP contribution in [-0.4, -0.2) is 24.2 Å². The average molecular weight is 306 g/mol. The maximum Gasteiger partial charge on any atom is 0.335 e. The second-order valence-corrected chi connectivity index (χ2v) is 5.14. The monoisotopic (exact) mass is 306 g/mol. The lowest BCUT2D eigenvalue weighted by atomic mass is 10.2. The summed E-state index contributed by atoms with van der Waals surface area (Å²) >= 11 is 1.54. The van der Waals surface area contributed by atoms with E-state index in [0.29, 0.717) is 18.0 Å². The lowest BCUT2D eigenvalue weighted by Crippen LogP contribution is -2.28. The number of urea groups is 1. The van der Waals surface area contributed by atoms with Gasteiger partial charge in [-0.1, -0.05) is 6.07 Å². The number of amides is 2. The molecule has 0 saturated heterocycles. The van der Waals surface area contributed by atoms with Gasteiger partial charge in [0, 0.05) is 4.88 Å². The van der Waals surface area contributed by atoms with E-state index < -0.39 is 12.0 Å². The molecule has 0 saturated carbocycles. The fourth-order valence-corrected chi connectivity index (χ4v) is 2.33. The quantitative estimate of drug-likeness (QED) is 0.792. The molecule has 2 amide bonds. The van der Waals surface area contributed by atoms with Crippen LogP contribution in [0.25, 0.3) is 0 Å². The number of hydrogen-bond acceptors (Lipinski definition) is 4. The zero-order valence-electron chi connectivity index (χ0n) is 11.3. The van der Waals surface area contributed by atoms with E-state index in [0.717, 1.165) is 4.88 Å². The number of carboxylic acids is 1. The Morgan fingerprint density at radius 3 is 2.76 bits per heavy atom. The summed E-state index contributed by atoms with van der Waals surface area (Å²) in [6.45, 7) is 0.407. The first-order valence-corrected chi connectivity index (χ1v) is 6.96. The summed E-state index contributed by atoms with van der Waals surface area (Å²) in [5, 5.41) is 16.2. The van der Waals surface area contributed by atoms with Crippen LogP contribution in [0.3, 0.4) is 0 Å². The summed E-state index contributed by atoms with van der Waals surface area (Å²) in [5.74, 6) is -0.675.